The van der Waals surface area contributed by atoms with Gasteiger partial charge in [-0.2, -0.15) is 0 Å². The van der Waals surface area contributed by atoms with Gasteiger partial charge in [-0.25, -0.2) is 0 Å². The van der Waals surface area contributed by atoms with E-state index in [2.05, 4.69) is 22.4 Å². The number of amides is 2. The van der Waals surface area contributed by atoms with Crippen LogP contribution in [0, 0.1) is 6.92 Å². The molecule has 2 heterocycles. The predicted molar refractivity (Wildman–Crippen MR) is 106 cm³/mol. The molecule has 2 aromatic carbocycles. The predicted octanol–water partition coefficient (Wildman–Crippen LogP) is 3.18. The molecule has 138 valence electrons. The van der Waals surface area contributed by atoms with E-state index in [-0.39, 0.29) is 11.8 Å². The molecule has 4 rings (SSSR count). The smallest absolute Gasteiger partial charge is 0.251 e. The van der Waals surface area contributed by atoms with Crippen LogP contribution in [0.2, 0.25) is 0 Å². The lowest BCUT2D eigenvalue weighted by atomic mass is 10.0. The van der Waals surface area contributed by atoms with Crippen LogP contribution in [0.25, 0.3) is 10.9 Å². The fraction of sp³-hybridized carbons (Fsp3) is 0.273. The Hall–Kier alpha value is -3.08. The van der Waals surface area contributed by atoms with Crippen LogP contribution in [0.5, 0.6) is 0 Å². The van der Waals surface area contributed by atoms with Gasteiger partial charge < -0.3 is 15.2 Å². The molecule has 1 aliphatic rings. The molecule has 0 aliphatic carbocycles. The highest BCUT2D eigenvalue weighted by Crippen LogP contribution is 2.27. The number of fused-ring (bicyclic) bond motifs is 3. The van der Waals surface area contributed by atoms with E-state index in [1.807, 2.05) is 42.2 Å². The van der Waals surface area contributed by atoms with Gasteiger partial charge in [-0.05, 0) is 24.6 Å². The maximum Gasteiger partial charge on any atom is 0.251 e. The third-order valence-electron chi connectivity index (χ3n) is 5.25. The summed E-state index contributed by atoms with van der Waals surface area (Å²) in [6.07, 6.45) is 1.15. The number of hydrogen-bond donors (Lipinski definition) is 2. The summed E-state index contributed by atoms with van der Waals surface area (Å²) in [4.78, 5) is 30.2. The van der Waals surface area contributed by atoms with Gasteiger partial charge in [-0.3, -0.25) is 9.59 Å². The summed E-state index contributed by atoms with van der Waals surface area (Å²) in [6.45, 7) is 3.60. The zero-order valence-corrected chi connectivity index (χ0v) is 15.4. The minimum Gasteiger partial charge on any atom is -0.358 e. The van der Waals surface area contributed by atoms with Gasteiger partial charge in [0, 0.05) is 60.2 Å². The zero-order chi connectivity index (χ0) is 18.8. The molecule has 0 bridgehead atoms. The number of hydrogen-bond acceptors (Lipinski definition) is 2. The van der Waals surface area contributed by atoms with Gasteiger partial charge in [0.15, 0.2) is 0 Å². The monoisotopic (exact) mass is 361 g/mol. The average Bonchev–Trinajstić information content (AvgIpc) is 3.06. The first kappa shape index (κ1) is 17.3. The van der Waals surface area contributed by atoms with Crippen LogP contribution in [0.1, 0.15) is 33.6 Å². The number of aryl methyl sites for hydroxylation is 1. The highest BCUT2D eigenvalue weighted by Gasteiger charge is 2.23. The van der Waals surface area contributed by atoms with Crippen LogP contribution in [0.3, 0.4) is 0 Å². The second kappa shape index (κ2) is 7.27. The molecule has 1 aromatic heterocycles. The van der Waals surface area contributed by atoms with Crippen LogP contribution < -0.4 is 5.32 Å². The van der Waals surface area contributed by atoms with Crippen LogP contribution in [0.4, 0.5) is 0 Å². The van der Waals surface area contributed by atoms with Gasteiger partial charge in [0.1, 0.15) is 0 Å². The van der Waals surface area contributed by atoms with Gasteiger partial charge in [-0.15, -0.1) is 0 Å². The van der Waals surface area contributed by atoms with Crippen LogP contribution in [-0.4, -0.2) is 34.8 Å². The minimum atomic E-state index is -0.126. The van der Waals surface area contributed by atoms with Gasteiger partial charge in [0.25, 0.3) is 5.91 Å². The molecule has 0 radical (unpaired) electrons. The highest BCUT2D eigenvalue weighted by molar-refractivity contribution is 5.95. The number of nitrogens with zero attached hydrogens (tertiary/aromatic N) is 1. The fourth-order valence-corrected chi connectivity index (χ4v) is 3.74. The normalized spacial score (nSPS) is 13.4. The molecule has 1 aliphatic heterocycles. The molecule has 0 saturated heterocycles. The van der Waals surface area contributed by atoms with Crippen molar-refractivity contribution in [1.29, 1.82) is 0 Å². The summed E-state index contributed by atoms with van der Waals surface area (Å²) in [5.74, 6) is -0.0468. The first-order valence-corrected chi connectivity index (χ1v) is 9.33. The van der Waals surface area contributed by atoms with Crippen LogP contribution >= 0.6 is 0 Å². The molecule has 27 heavy (non-hydrogen) atoms. The van der Waals surface area contributed by atoms with E-state index >= 15 is 0 Å². The number of nitrogens with one attached hydrogen (secondary N) is 2. The molecule has 0 unspecified atom stereocenters. The Balaban J connectivity index is 1.36. The lowest BCUT2D eigenvalue weighted by molar-refractivity contribution is -0.131. The second-order valence-corrected chi connectivity index (χ2v) is 7.01. The summed E-state index contributed by atoms with van der Waals surface area (Å²) in [6, 6.07) is 15.7. The fourth-order valence-electron chi connectivity index (χ4n) is 3.74. The standard InChI is InChI=1S/C22H23N3O2/c1-15-6-2-3-7-16(15)22(27)23-12-10-21(26)25-13-11-20-18(14-25)17-8-4-5-9-19(17)24-20/h2-9,24H,10-14H2,1H3,(H,23,27). The molecule has 5 heteroatoms. The largest absolute Gasteiger partial charge is 0.358 e. The van der Waals surface area contributed by atoms with E-state index in [1.165, 1.54) is 16.6 Å². The number of rotatable bonds is 4. The maximum atomic E-state index is 12.6. The number of aromatic amines is 1. The summed E-state index contributed by atoms with van der Waals surface area (Å²) in [5, 5.41) is 4.05. The molecule has 2 N–H and O–H groups in total. The molecule has 0 spiro atoms. The topological polar surface area (TPSA) is 65.2 Å². The van der Waals surface area contributed by atoms with Gasteiger partial charge in [-0.1, -0.05) is 36.4 Å². The number of benzene rings is 2. The molecular weight excluding hydrogens is 338 g/mol. The van der Waals surface area contributed by atoms with Gasteiger partial charge >= 0.3 is 0 Å². The first-order valence-electron chi connectivity index (χ1n) is 9.33. The Bertz CT molecular complexity index is 1010. The third kappa shape index (κ3) is 3.45. The van der Waals surface area contributed by atoms with E-state index in [0.717, 1.165) is 17.5 Å². The van der Waals surface area contributed by atoms with E-state index in [4.69, 9.17) is 0 Å². The highest BCUT2D eigenvalue weighted by atomic mass is 16.2. The molecule has 0 atom stereocenters. The number of para-hydroxylation sites is 1. The first-order chi connectivity index (χ1) is 13.1. The molecule has 5 nitrogen and oxygen atoms in total. The Kier molecular flexibility index (Phi) is 4.67. The van der Waals surface area contributed by atoms with Crippen molar-refractivity contribution in [3.63, 3.8) is 0 Å². The van der Waals surface area contributed by atoms with Crippen molar-refractivity contribution < 1.29 is 9.59 Å². The maximum absolute atomic E-state index is 12.6. The number of carbonyl (C=O) groups excluding carboxylic acids is 2. The lowest BCUT2D eigenvalue weighted by Gasteiger charge is -2.27. The molecule has 0 fully saturated rings. The summed E-state index contributed by atoms with van der Waals surface area (Å²) >= 11 is 0. The van der Waals surface area contributed by atoms with Crippen molar-refractivity contribution in [2.75, 3.05) is 13.1 Å². The van der Waals surface area contributed by atoms with Crippen molar-refractivity contribution >= 4 is 22.7 Å². The van der Waals surface area contributed by atoms with Gasteiger partial charge in [0.05, 0.1) is 0 Å². The summed E-state index contributed by atoms with van der Waals surface area (Å²) in [7, 11) is 0. The minimum absolute atomic E-state index is 0.0796. The van der Waals surface area contributed by atoms with Gasteiger partial charge in [0.2, 0.25) is 5.91 Å². The van der Waals surface area contributed by atoms with Crippen molar-refractivity contribution in [3.8, 4) is 0 Å². The Labute approximate surface area is 158 Å². The quantitative estimate of drug-likeness (QED) is 0.750. The van der Waals surface area contributed by atoms with Crippen molar-refractivity contribution in [2.45, 2.75) is 26.3 Å². The molecule has 3 aromatic rings. The number of H-pyrrole nitrogens is 1. The van der Waals surface area contributed by atoms with E-state index in [9.17, 15) is 9.59 Å². The van der Waals surface area contributed by atoms with E-state index < -0.39 is 0 Å². The Morgan fingerprint density at radius 1 is 1.11 bits per heavy atom. The molecular formula is C22H23N3O2. The molecule has 0 saturated carbocycles. The number of aromatic nitrogens is 1. The zero-order valence-electron chi connectivity index (χ0n) is 15.4. The SMILES string of the molecule is Cc1ccccc1C(=O)NCCC(=O)N1CCc2[nH]c3ccccc3c2C1. The second-order valence-electron chi connectivity index (χ2n) is 7.01. The Morgan fingerprint density at radius 3 is 2.74 bits per heavy atom. The van der Waals surface area contributed by atoms with Crippen molar-refractivity contribution in [1.82, 2.24) is 15.2 Å². The average molecular weight is 361 g/mol. The number of carbonyl (C=O) groups is 2. The van der Waals surface area contributed by atoms with Crippen molar-refractivity contribution in [3.05, 3.63) is 70.9 Å². The lowest BCUT2D eigenvalue weighted by Crippen LogP contribution is -2.38. The van der Waals surface area contributed by atoms with Crippen LogP contribution in [-0.2, 0) is 17.8 Å². The van der Waals surface area contributed by atoms with E-state index in [0.29, 0.717) is 31.6 Å². The summed E-state index contributed by atoms with van der Waals surface area (Å²) < 4.78 is 0. The third-order valence-corrected chi connectivity index (χ3v) is 5.25. The summed E-state index contributed by atoms with van der Waals surface area (Å²) in [5.41, 5.74) is 5.17. The molecule has 2 amide bonds. The van der Waals surface area contributed by atoms with Crippen LogP contribution in [0.15, 0.2) is 48.5 Å². The van der Waals surface area contributed by atoms with Crippen molar-refractivity contribution in [2.24, 2.45) is 0 Å². The van der Waals surface area contributed by atoms with E-state index in [1.54, 1.807) is 6.07 Å². The Morgan fingerprint density at radius 2 is 1.89 bits per heavy atom.